The fourth-order valence-electron chi connectivity index (χ4n) is 1.47. The summed E-state index contributed by atoms with van der Waals surface area (Å²) in [5.74, 6) is 0.281. The molecular formula is C8H18N2O2S. The van der Waals surface area contributed by atoms with Crippen molar-refractivity contribution in [2.24, 2.45) is 5.73 Å². The molecule has 1 saturated heterocycles. The van der Waals surface area contributed by atoms with Gasteiger partial charge in [-0.05, 0) is 26.7 Å². The molecular weight excluding hydrogens is 188 g/mol. The quantitative estimate of drug-likeness (QED) is 0.699. The number of rotatable bonds is 2. The van der Waals surface area contributed by atoms with Gasteiger partial charge in [-0.2, -0.15) is 0 Å². The maximum Gasteiger partial charge on any atom is 0.214 e. The molecule has 0 radical (unpaired) electrons. The van der Waals surface area contributed by atoms with Crippen molar-refractivity contribution in [1.82, 2.24) is 4.31 Å². The van der Waals surface area contributed by atoms with Crippen molar-refractivity contribution < 1.29 is 8.42 Å². The lowest BCUT2D eigenvalue weighted by atomic mass is 10.1. The molecule has 1 rings (SSSR count). The van der Waals surface area contributed by atoms with Crippen molar-refractivity contribution in [3.63, 3.8) is 0 Å². The zero-order chi connectivity index (χ0) is 10.1. The predicted octanol–water partition coefficient (Wildman–Crippen LogP) is 0.149. The van der Waals surface area contributed by atoms with Crippen molar-refractivity contribution in [2.75, 3.05) is 18.8 Å². The molecule has 0 aromatic heterocycles. The number of nitrogens with zero attached hydrogens (tertiary/aromatic N) is 1. The second-order valence-electron chi connectivity index (χ2n) is 4.35. The molecule has 0 spiro atoms. The van der Waals surface area contributed by atoms with E-state index in [0.29, 0.717) is 13.1 Å². The van der Waals surface area contributed by atoms with E-state index in [2.05, 4.69) is 0 Å². The van der Waals surface area contributed by atoms with E-state index >= 15 is 0 Å². The van der Waals surface area contributed by atoms with E-state index < -0.39 is 15.6 Å². The minimum atomic E-state index is -3.00. The first kappa shape index (κ1) is 10.9. The normalized spacial score (nSPS) is 24.5. The monoisotopic (exact) mass is 206 g/mol. The summed E-state index contributed by atoms with van der Waals surface area (Å²) in [6.07, 6.45) is 1.74. The zero-order valence-electron chi connectivity index (χ0n) is 8.28. The Hall–Kier alpha value is -0.130. The second-order valence-corrected chi connectivity index (χ2v) is 6.43. The van der Waals surface area contributed by atoms with E-state index in [0.717, 1.165) is 12.8 Å². The van der Waals surface area contributed by atoms with E-state index in [1.54, 1.807) is 0 Å². The lowest BCUT2D eigenvalue weighted by Crippen LogP contribution is -2.49. The van der Waals surface area contributed by atoms with Crippen LogP contribution in [0.3, 0.4) is 0 Å². The Bertz CT molecular complexity index is 266. The smallest absolute Gasteiger partial charge is 0.214 e. The van der Waals surface area contributed by atoms with Crippen molar-refractivity contribution in [2.45, 2.75) is 32.2 Å². The van der Waals surface area contributed by atoms with Crippen molar-refractivity contribution in [3.05, 3.63) is 0 Å². The van der Waals surface area contributed by atoms with E-state index in [9.17, 15) is 8.42 Å². The van der Waals surface area contributed by atoms with E-state index in [1.165, 1.54) is 4.31 Å². The van der Waals surface area contributed by atoms with Gasteiger partial charge in [0.15, 0.2) is 0 Å². The van der Waals surface area contributed by atoms with Crippen LogP contribution in [0, 0.1) is 0 Å². The molecule has 4 nitrogen and oxygen atoms in total. The highest BCUT2D eigenvalue weighted by Gasteiger charge is 2.29. The van der Waals surface area contributed by atoms with Gasteiger partial charge in [-0.1, -0.05) is 0 Å². The first-order valence-corrected chi connectivity index (χ1v) is 6.19. The van der Waals surface area contributed by atoms with Crippen LogP contribution in [0.5, 0.6) is 0 Å². The van der Waals surface area contributed by atoms with Gasteiger partial charge in [0.25, 0.3) is 0 Å². The molecule has 0 aromatic rings. The van der Waals surface area contributed by atoms with Gasteiger partial charge in [0.05, 0.1) is 5.75 Å². The molecule has 0 amide bonds. The van der Waals surface area contributed by atoms with E-state index in [-0.39, 0.29) is 5.75 Å². The number of hydrogen-bond donors (Lipinski definition) is 1. The largest absolute Gasteiger partial charge is 0.324 e. The van der Waals surface area contributed by atoms with Crippen molar-refractivity contribution >= 4 is 10.0 Å². The summed E-state index contributed by atoms with van der Waals surface area (Å²) >= 11 is 0. The molecule has 13 heavy (non-hydrogen) atoms. The maximum absolute atomic E-state index is 11.5. The summed E-state index contributed by atoms with van der Waals surface area (Å²) in [6, 6.07) is 0. The second kappa shape index (κ2) is 3.55. The lowest BCUT2D eigenvalue weighted by molar-refractivity contribution is 0.318. The molecule has 78 valence electrons. The Morgan fingerprint density at radius 2 is 2.00 bits per heavy atom. The summed E-state index contributed by atoms with van der Waals surface area (Å²) in [7, 11) is -3.00. The van der Waals surface area contributed by atoms with Gasteiger partial charge in [0.2, 0.25) is 10.0 Å². The number of hydrogen-bond acceptors (Lipinski definition) is 3. The van der Waals surface area contributed by atoms with Gasteiger partial charge < -0.3 is 5.73 Å². The topological polar surface area (TPSA) is 63.4 Å². The Balaban J connectivity index is 2.68. The Morgan fingerprint density at radius 3 is 2.46 bits per heavy atom. The third kappa shape index (κ3) is 3.25. The number of nitrogens with two attached hydrogens (primary N) is 1. The highest BCUT2D eigenvalue weighted by molar-refractivity contribution is 7.89. The Labute approximate surface area is 80.1 Å². The van der Waals surface area contributed by atoms with Crippen LogP contribution in [0.25, 0.3) is 0 Å². The van der Waals surface area contributed by atoms with Crippen LogP contribution < -0.4 is 5.73 Å². The predicted molar refractivity (Wildman–Crippen MR) is 52.9 cm³/mol. The molecule has 2 N–H and O–H groups in total. The van der Waals surface area contributed by atoms with Crippen LogP contribution in [-0.2, 0) is 10.0 Å². The minimum Gasteiger partial charge on any atom is -0.324 e. The molecule has 0 unspecified atom stereocenters. The third-order valence-corrected chi connectivity index (χ3v) is 3.94. The molecule has 0 atom stereocenters. The molecule has 1 heterocycles. The highest BCUT2D eigenvalue weighted by Crippen LogP contribution is 2.15. The molecule has 0 aliphatic carbocycles. The highest BCUT2D eigenvalue weighted by atomic mass is 32.2. The Kier molecular flexibility index (Phi) is 2.99. The van der Waals surface area contributed by atoms with Crippen LogP contribution >= 0.6 is 0 Å². The zero-order valence-corrected chi connectivity index (χ0v) is 9.10. The van der Waals surface area contributed by atoms with Gasteiger partial charge in [-0.15, -0.1) is 0 Å². The van der Waals surface area contributed by atoms with Crippen molar-refractivity contribution in [1.29, 1.82) is 0 Å². The van der Waals surface area contributed by atoms with Gasteiger partial charge >= 0.3 is 0 Å². The van der Waals surface area contributed by atoms with Gasteiger partial charge in [0, 0.05) is 18.6 Å². The lowest BCUT2D eigenvalue weighted by Gasteiger charge is -2.31. The van der Waals surface area contributed by atoms with Crippen LogP contribution in [0.2, 0.25) is 0 Å². The van der Waals surface area contributed by atoms with E-state index in [1.807, 2.05) is 13.8 Å². The standard InChI is InChI=1S/C8H18N2O2S/c1-8(2,9)7-10-5-3-4-6-13(10,11)12/h3-7,9H2,1-2H3. The molecule has 0 bridgehead atoms. The first-order valence-electron chi connectivity index (χ1n) is 4.58. The average Bonchev–Trinajstić information content (AvgIpc) is 1.91. The van der Waals surface area contributed by atoms with Crippen LogP contribution in [-0.4, -0.2) is 37.1 Å². The summed E-state index contributed by atoms with van der Waals surface area (Å²) in [4.78, 5) is 0. The number of sulfonamides is 1. The van der Waals surface area contributed by atoms with E-state index in [4.69, 9.17) is 5.73 Å². The molecule has 1 aliphatic heterocycles. The SMILES string of the molecule is CC(C)(N)CN1CCCCS1(=O)=O. The van der Waals surface area contributed by atoms with Crippen LogP contribution in [0.1, 0.15) is 26.7 Å². The maximum atomic E-state index is 11.5. The van der Waals surface area contributed by atoms with Crippen LogP contribution in [0.15, 0.2) is 0 Å². The summed E-state index contributed by atoms with van der Waals surface area (Å²) in [6.45, 7) is 4.74. The van der Waals surface area contributed by atoms with Crippen LogP contribution in [0.4, 0.5) is 0 Å². The fourth-order valence-corrected chi connectivity index (χ4v) is 3.24. The Morgan fingerprint density at radius 1 is 1.38 bits per heavy atom. The molecule has 1 aliphatic rings. The summed E-state index contributed by atoms with van der Waals surface area (Å²) in [5.41, 5.74) is 5.34. The summed E-state index contributed by atoms with van der Waals surface area (Å²) < 4.78 is 24.6. The molecule has 0 saturated carbocycles. The average molecular weight is 206 g/mol. The molecule has 0 aromatic carbocycles. The molecule has 1 fully saturated rings. The first-order chi connectivity index (χ1) is 5.81. The van der Waals surface area contributed by atoms with Gasteiger partial charge in [-0.3, -0.25) is 0 Å². The van der Waals surface area contributed by atoms with Gasteiger partial charge in [-0.25, -0.2) is 12.7 Å². The third-order valence-electron chi connectivity index (χ3n) is 2.04. The molecule has 5 heteroatoms. The fraction of sp³-hybridized carbons (Fsp3) is 1.00. The minimum absolute atomic E-state index is 0.281. The van der Waals surface area contributed by atoms with Crippen molar-refractivity contribution in [3.8, 4) is 0 Å². The van der Waals surface area contributed by atoms with Gasteiger partial charge in [0.1, 0.15) is 0 Å². The summed E-state index contributed by atoms with van der Waals surface area (Å²) in [5, 5.41) is 0.